The van der Waals surface area contributed by atoms with E-state index in [4.69, 9.17) is 22.1 Å². The van der Waals surface area contributed by atoms with Gasteiger partial charge in [0.05, 0.1) is 10.7 Å². The Bertz CT molecular complexity index is 846. The first-order chi connectivity index (χ1) is 11.9. The highest BCUT2D eigenvalue weighted by atomic mass is 35.5. The Morgan fingerprint density at radius 3 is 2.69 bits per heavy atom. The molecule has 1 atom stereocenters. The molecule has 0 fully saturated rings. The highest BCUT2D eigenvalue weighted by molar-refractivity contribution is 8.06. The largest absolute Gasteiger partial charge is 0.504 e. The molecule has 144 valence electrons. The van der Waals surface area contributed by atoms with E-state index in [0.29, 0.717) is 6.42 Å². The lowest BCUT2D eigenvalue weighted by Gasteiger charge is -2.26. The molecule has 1 unspecified atom stereocenters. The maximum Gasteiger partial charge on any atom is 0.407 e. The summed E-state index contributed by atoms with van der Waals surface area (Å²) in [4.78, 5) is 15.5. The van der Waals surface area contributed by atoms with Crippen LogP contribution in [0.2, 0.25) is 5.02 Å². The number of anilines is 1. The summed E-state index contributed by atoms with van der Waals surface area (Å²) in [5.41, 5.74) is 4.81. The van der Waals surface area contributed by atoms with Crippen LogP contribution in [0.5, 0.6) is 5.75 Å². The van der Waals surface area contributed by atoms with E-state index in [1.807, 2.05) is 0 Å². The first-order valence-electron chi connectivity index (χ1n) is 7.96. The molecule has 10 heteroatoms. The standard InChI is InChI=1S/C16H22ClN3O5S/c1-16(2,3)25-15(22)20-9-6-7-19-12(8-9)26(23,24)14-10(17)4-5-11(18)13(14)21/h4-5,9,21H,6-8,18H2,1-3H3,(H,20,22). The summed E-state index contributed by atoms with van der Waals surface area (Å²) in [5.74, 6) is -0.609. The minimum atomic E-state index is -4.15. The maximum absolute atomic E-state index is 12.9. The zero-order valence-electron chi connectivity index (χ0n) is 14.7. The number of carbonyl (C=O) groups excluding carboxylic acids is 1. The van der Waals surface area contributed by atoms with Crippen LogP contribution in [0, 0.1) is 0 Å². The van der Waals surface area contributed by atoms with Crippen LogP contribution in [0.1, 0.15) is 33.6 Å². The zero-order chi connectivity index (χ0) is 19.7. The van der Waals surface area contributed by atoms with Gasteiger partial charge in [-0.05, 0) is 39.3 Å². The van der Waals surface area contributed by atoms with Gasteiger partial charge < -0.3 is 20.9 Å². The predicted molar refractivity (Wildman–Crippen MR) is 99.4 cm³/mol. The number of phenolic OH excluding ortho intramolecular Hbond substituents is 1. The number of benzene rings is 1. The van der Waals surface area contributed by atoms with Gasteiger partial charge in [0.1, 0.15) is 15.5 Å². The number of alkyl carbamates (subject to hydrolysis) is 1. The highest BCUT2D eigenvalue weighted by Gasteiger charge is 2.33. The number of rotatable bonds is 2. The second-order valence-corrected chi connectivity index (χ2v) is 9.22. The zero-order valence-corrected chi connectivity index (χ0v) is 16.3. The number of hydrogen-bond donors (Lipinski definition) is 3. The van der Waals surface area contributed by atoms with Crippen LogP contribution < -0.4 is 11.1 Å². The van der Waals surface area contributed by atoms with Gasteiger partial charge in [-0.15, -0.1) is 0 Å². The van der Waals surface area contributed by atoms with Gasteiger partial charge in [-0.25, -0.2) is 13.2 Å². The molecule has 0 saturated heterocycles. The second kappa shape index (κ2) is 7.32. The average molecular weight is 404 g/mol. The van der Waals surface area contributed by atoms with Crippen molar-refractivity contribution in [3.8, 4) is 5.75 Å². The number of nitrogen functional groups attached to an aromatic ring is 1. The molecule has 8 nitrogen and oxygen atoms in total. The van der Waals surface area contributed by atoms with E-state index < -0.39 is 38.2 Å². The number of sulfone groups is 1. The summed E-state index contributed by atoms with van der Waals surface area (Å²) in [7, 11) is -4.15. The fourth-order valence-corrected chi connectivity index (χ4v) is 4.52. The number of aliphatic imine (C=N–C) groups is 1. The van der Waals surface area contributed by atoms with Gasteiger partial charge in [-0.2, -0.15) is 0 Å². The average Bonchev–Trinajstić information content (AvgIpc) is 2.49. The Hall–Kier alpha value is -2.00. The van der Waals surface area contributed by atoms with Crippen molar-refractivity contribution >= 4 is 38.3 Å². The summed E-state index contributed by atoms with van der Waals surface area (Å²) >= 11 is 5.96. The first-order valence-corrected chi connectivity index (χ1v) is 9.83. The van der Waals surface area contributed by atoms with Crippen molar-refractivity contribution in [2.45, 2.75) is 50.2 Å². The van der Waals surface area contributed by atoms with Crippen molar-refractivity contribution in [1.82, 2.24) is 5.32 Å². The van der Waals surface area contributed by atoms with Crippen molar-refractivity contribution in [3.05, 3.63) is 17.2 Å². The van der Waals surface area contributed by atoms with Crippen LogP contribution in [-0.4, -0.2) is 42.8 Å². The molecule has 1 aromatic carbocycles. The molecular formula is C16H22ClN3O5S. The molecule has 2 rings (SSSR count). The van der Waals surface area contributed by atoms with Gasteiger partial charge in [-0.1, -0.05) is 11.6 Å². The van der Waals surface area contributed by atoms with Gasteiger partial charge in [-0.3, -0.25) is 4.99 Å². The van der Waals surface area contributed by atoms with Crippen LogP contribution in [-0.2, 0) is 14.6 Å². The van der Waals surface area contributed by atoms with Crippen LogP contribution >= 0.6 is 11.6 Å². The van der Waals surface area contributed by atoms with Crippen LogP contribution in [0.25, 0.3) is 0 Å². The highest BCUT2D eigenvalue weighted by Crippen LogP contribution is 2.37. The van der Waals surface area contributed by atoms with E-state index >= 15 is 0 Å². The van der Waals surface area contributed by atoms with Crippen LogP contribution in [0.4, 0.5) is 10.5 Å². The fraction of sp³-hybridized carbons (Fsp3) is 0.500. The van der Waals surface area contributed by atoms with Crippen molar-refractivity contribution in [1.29, 1.82) is 0 Å². The number of carbonyl (C=O) groups is 1. The van der Waals surface area contributed by atoms with Crippen molar-refractivity contribution in [2.75, 3.05) is 12.3 Å². The van der Waals surface area contributed by atoms with Crippen molar-refractivity contribution in [3.63, 3.8) is 0 Å². The molecule has 1 aliphatic rings. The molecule has 0 aliphatic carbocycles. The van der Waals surface area contributed by atoms with Gasteiger partial charge >= 0.3 is 6.09 Å². The van der Waals surface area contributed by atoms with Crippen molar-refractivity contribution in [2.24, 2.45) is 4.99 Å². The number of nitrogens with one attached hydrogen (secondary N) is 1. The molecule has 1 heterocycles. The Morgan fingerprint density at radius 2 is 2.08 bits per heavy atom. The normalized spacial score (nSPS) is 18.2. The maximum atomic E-state index is 12.9. The molecular weight excluding hydrogens is 382 g/mol. The summed E-state index contributed by atoms with van der Waals surface area (Å²) < 4.78 is 30.9. The summed E-state index contributed by atoms with van der Waals surface area (Å²) in [6.45, 7) is 5.40. The number of nitrogens with zero attached hydrogens (tertiary/aromatic N) is 1. The smallest absolute Gasteiger partial charge is 0.407 e. The molecule has 1 aromatic rings. The van der Waals surface area contributed by atoms with Crippen LogP contribution in [0.3, 0.4) is 0 Å². The van der Waals surface area contributed by atoms with Crippen molar-refractivity contribution < 1.29 is 23.1 Å². The second-order valence-electron chi connectivity index (χ2n) is 6.93. The topological polar surface area (TPSA) is 131 Å². The lowest BCUT2D eigenvalue weighted by atomic mass is 10.1. The van der Waals surface area contributed by atoms with E-state index in [0.717, 1.165) is 0 Å². The van der Waals surface area contributed by atoms with Gasteiger partial charge in [0.15, 0.2) is 5.75 Å². The van der Waals surface area contributed by atoms with Gasteiger partial charge in [0.2, 0.25) is 9.84 Å². The van der Waals surface area contributed by atoms with E-state index in [2.05, 4.69) is 10.3 Å². The third kappa shape index (κ3) is 4.59. The molecule has 0 saturated carbocycles. The summed E-state index contributed by atoms with van der Waals surface area (Å²) in [5, 5.41) is 12.4. The summed E-state index contributed by atoms with van der Waals surface area (Å²) in [6, 6.07) is 2.14. The Balaban J connectivity index is 2.23. The van der Waals surface area contributed by atoms with E-state index in [1.165, 1.54) is 12.1 Å². The molecule has 0 radical (unpaired) electrons. The lowest BCUT2D eigenvalue weighted by molar-refractivity contribution is 0.0503. The first kappa shape index (κ1) is 20.3. The predicted octanol–water partition coefficient (Wildman–Crippen LogP) is 2.49. The Labute approximate surface area is 157 Å². The number of phenols is 1. The number of ether oxygens (including phenoxy) is 1. The number of aromatic hydroxyl groups is 1. The third-order valence-electron chi connectivity index (χ3n) is 3.60. The molecule has 0 bridgehead atoms. The molecule has 0 aromatic heterocycles. The number of amides is 1. The number of nitrogens with two attached hydrogens (primary N) is 1. The van der Waals surface area contributed by atoms with Gasteiger partial charge in [0, 0.05) is 19.0 Å². The quantitative estimate of drug-likeness (QED) is 0.513. The SMILES string of the molecule is CC(C)(C)OC(=O)NC1CCN=C(S(=O)(=O)c2c(Cl)ccc(N)c2O)C1. The third-order valence-corrected chi connectivity index (χ3v) is 5.90. The minimum absolute atomic E-state index is 0.0356. The van der Waals surface area contributed by atoms with Crippen LogP contribution in [0.15, 0.2) is 22.0 Å². The van der Waals surface area contributed by atoms with E-state index in [9.17, 15) is 18.3 Å². The molecule has 1 amide bonds. The minimum Gasteiger partial charge on any atom is -0.504 e. The molecule has 4 N–H and O–H groups in total. The monoisotopic (exact) mass is 403 g/mol. The molecule has 26 heavy (non-hydrogen) atoms. The Morgan fingerprint density at radius 1 is 1.42 bits per heavy atom. The Kier molecular flexibility index (Phi) is 5.72. The molecule has 0 spiro atoms. The molecule has 1 aliphatic heterocycles. The summed E-state index contributed by atoms with van der Waals surface area (Å²) in [6.07, 6.45) is -0.202. The lowest BCUT2D eigenvalue weighted by Crippen LogP contribution is -2.42. The van der Waals surface area contributed by atoms with E-state index in [1.54, 1.807) is 20.8 Å². The van der Waals surface area contributed by atoms with E-state index in [-0.39, 0.29) is 28.7 Å². The van der Waals surface area contributed by atoms with Gasteiger partial charge in [0.25, 0.3) is 0 Å². The number of halogens is 1. The fourth-order valence-electron chi connectivity index (χ4n) is 2.45. The number of hydrogen-bond acceptors (Lipinski definition) is 7.